The summed E-state index contributed by atoms with van der Waals surface area (Å²) < 4.78 is 5.70. The third kappa shape index (κ3) is 5.55. The molecule has 0 saturated heterocycles. The number of primary amides is 1. The van der Waals surface area contributed by atoms with Gasteiger partial charge in [0.25, 0.3) is 0 Å². The van der Waals surface area contributed by atoms with Gasteiger partial charge in [0, 0.05) is 30.4 Å². The van der Waals surface area contributed by atoms with Crippen LogP contribution >= 0.6 is 11.6 Å². The molecule has 3 aromatic rings. The first-order valence-electron chi connectivity index (χ1n) is 8.96. The van der Waals surface area contributed by atoms with Crippen LogP contribution in [-0.4, -0.2) is 29.4 Å². The Balaban J connectivity index is 1.51. The average molecular weight is 396 g/mol. The lowest BCUT2D eigenvalue weighted by molar-refractivity contribution is 0.1000. The number of hydrogen-bond acceptors (Lipinski definition) is 4. The number of carbonyl (C=O) groups excluding carboxylic acids is 1. The molecule has 0 spiro atoms. The topological polar surface area (TPSA) is 68.5 Å². The van der Waals surface area contributed by atoms with Gasteiger partial charge in [-0.2, -0.15) is 0 Å². The molecule has 1 aromatic heterocycles. The summed E-state index contributed by atoms with van der Waals surface area (Å²) in [5.74, 6) is 0.590. The summed E-state index contributed by atoms with van der Waals surface area (Å²) in [6.45, 7) is 1.73. The van der Waals surface area contributed by atoms with Gasteiger partial charge in [-0.1, -0.05) is 41.9 Å². The van der Waals surface area contributed by atoms with E-state index >= 15 is 0 Å². The van der Waals surface area contributed by atoms with Gasteiger partial charge in [0.05, 0.1) is 5.56 Å². The molecule has 5 nitrogen and oxygen atoms in total. The molecular formula is C22H22ClN3O2. The minimum atomic E-state index is -0.511. The fourth-order valence-electron chi connectivity index (χ4n) is 2.75. The lowest BCUT2D eigenvalue weighted by atomic mass is 10.1. The third-order valence-corrected chi connectivity index (χ3v) is 4.72. The van der Waals surface area contributed by atoms with Gasteiger partial charge in [0.15, 0.2) is 0 Å². The summed E-state index contributed by atoms with van der Waals surface area (Å²) in [5, 5.41) is 0.799. The van der Waals surface area contributed by atoms with Crippen molar-refractivity contribution in [2.45, 2.75) is 13.0 Å². The molecule has 144 valence electrons. The van der Waals surface area contributed by atoms with Gasteiger partial charge < -0.3 is 15.4 Å². The van der Waals surface area contributed by atoms with Crippen LogP contribution in [0.4, 0.5) is 0 Å². The molecule has 1 heterocycles. The van der Waals surface area contributed by atoms with Crippen molar-refractivity contribution in [3.05, 3.63) is 88.6 Å². The Bertz CT molecular complexity index is 927. The number of nitrogens with two attached hydrogens (primary N) is 1. The van der Waals surface area contributed by atoms with Gasteiger partial charge >= 0.3 is 0 Å². The quantitative estimate of drug-likeness (QED) is 0.617. The minimum Gasteiger partial charge on any atom is -0.439 e. The number of halogens is 1. The van der Waals surface area contributed by atoms with Crippen molar-refractivity contribution in [3.63, 3.8) is 0 Å². The molecule has 28 heavy (non-hydrogen) atoms. The van der Waals surface area contributed by atoms with Crippen LogP contribution < -0.4 is 10.5 Å². The summed E-state index contributed by atoms with van der Waals surface area (Å²) in [5.41, 5.74) is 7.90. The van der Waals surface area contributed by atoms with Crippen LogP contribution in [0.5, 0.6) is 11.6 Å². The van der Waals surface area contributed by atoms with Gasteiger partial charge in [0.1, 0.15) is 5.75 Å². The van der Waals surface area contributed by atoms with Crippen LogP contribution in [0.1, 0.15) is 21.5 Å². The van der Waals surface area contributed by atoms with Crippen LogP contribution in [-0.2, 0) is 13.0 Å². The third-order valence-electron chi connectivity index (χ3n) is 4.35. The zero-order chi connectivity index (χ0) is 19.9. The Morgan fingerprint density at radius 3 is 2.50 bits per heavy atom. The summed E-state index contributed by atoms with van der Waals surface area (Å²) in [7, 11) is 2.09. The van der Waals surface area contributed by atoms with Crippen molar-refractivity contribution in [3.8, 4) is 11.6 Å². The molecule has 2 aromatic carbocycles. The number of nitrogens with zero attached hydrogens (tertiary/aromatic N) is 2. The Labute approximate surface area is 169 Å². The lowest BCUT2D eigenvalue weighted by Gasteiger charge is -2.17. The molecular weight excluding hydrogens is 374 g/mol. The molecule has 2 N–H and O–H groups in total. The fraction of sp³-hybridized carbons (Fsp3) is 0.182. The van der Waals surface area contributed by atoms with E-state index in [1.54, 1.807) is 12.1 Å². The summed E-state index contributed by atoms with van der Waals surface area (Å²) >= 11 is 6.22. The normalized spacial score (nSPS) is 10.8. The second-order valence-electron chi connectivity index (χ2n) is 6.57. The SMILES string of the molecule is CN(CCc1ccc(Oc2ccc(C(N)=O)cn2)cc1)Cc1ccccc1Cl. The van der Waals surface area contributed by atoms with E-state index in [0.29, 0.717) is 17.2 Å². The van der Waals surface area contributed by atoms with Gasteiger partial charge in [-0.05, 0) is 48.9 Å². The minimum absolute atomic E-state index is 0.351. The van der Waals surface area contributed by atoms with E-state index in [2.05, 4.69) is 23.0 Å². The molecule has 0 bridgehead atoms. The molecule has 6 heteroatoms. The highest BCUT2D eigenvalue weighted by molar-refractivity contribution is 6.31. The molecule has 0 atom stereocenters. The van der Waals surface area contributed by atoms with Crippen molar-refractivity contribution in [1.29, 1.82) is 0 Å². The largest absolute Gasteiger partial charge is 0.439 e. The molecule has 1 amide bonds. The van der Waals surface area contributed by atoms with E-state index in [9.17, 15) is 4.79 Å². The van der Waals surface area contributed by atoms with Crippen LogP contribution in [0.15, 0.2) is 66.9 Å². The number of aromatic nitrogens is 1. The number of likely N-dealkylation sites (N-methyl/N-ethyl adjacent to an activating group) is 1. The monoisotopic (exact) mass is 395 g/mol. The Hall–Kier alpha value is -2.89. The van der Waals surface area contributed by atoms with Gasteiger partial charge in [-0.25, -0.2) is 4.98 Å². The maximum Gasteiger partial charge on any atom is 0.250 e. The fourth-order valence-corrected chi connectivity index (χ4v) is 2.94. The lowest BCUT2D eigenvalue weighted by Crippen LogP contribution is -2.20. The van der Waals surface area contributed by atoms with Gasteiger partial charge in [-0.15, -0.1) is 0 Å². The van der Waals surface area contributed by atoms with E-state index in [0.717, 1.165) is 30.1 Å². The van der Waals surface area contributed by atoms with Crippen molar-refractivity contribution in [1.82, 2.24) is 9.88 Å². The number of ether oxygens (including phenoxy) is 1. The molecule has 0 unspecified atom stereocenters. The van der Waals surface area contributed by atoms with E-state index in [4.69, 9.17) is 22.1 Å². The Morgan fingerprint density at radius 1 is 1.11 bits per heavy atom. The van der Waals surface area contributed by atoms with Crippen molar-refractivity contribution >= 4 is 17.5 Å². The second-order valence-corrected chi connectivity index (χ2v) is 6.98. The predicted molar refractivity (Wildman–Crippen MR) is 111 cm³/mol. The van der Waals surface area contributed by atoms with Gasteiger partial charge in [0.2, 0.25) is 11.8 Å². The Kier molecular flexibility index (Phi) is 6.63. The number of rotatable bonds is 8. The number of hydrogen-bond donors (Lipinski definition) is 1. The number of amides is 1. The average Bonchev–Trinajstić information content (AvgIpc) is 2.70. The molecule has 0 saturated carbocycles. The first-order valence-corrected chi connectivity index (χ1v) is 9.33. The number of carbonyl (C=O) groups is 1. The zero-order valence-electron chi connectivity index (χ0n) is 15.6. The zero-order valence-corrected chi connectivity index (χ0v) is 16.4. The number of pyridine rings is 1. The highest BCUT2D eigenvalue weighted by Crippen LogP contribution is 2.21. The smallest absolute Gasteiger partial charge is 0.250 e. The Morgan fingerprint density at radius 2 is 1.86 bits per heavy atom. The standard InChI is InChI=1S/C22H22ClN3O2/c1-26(15-18-4-2-3-5-20(18)23)13-12-16-6-9-19(10-7-16)28-21-11-8-17(14-25-21)22(24)27/h2-11,14H,12-13,15H2,1H3,(H2,24,27). The van der Waals surface area contributed by atoms with E-state index in [1.165, 1.54) is 11.8 Å². The summed E-state index contributed by atoms with van der Waals surface area (Å²) in [6.07, 6.45) is 2.33. The van der Waals surface area contributed by atoms with E-state index in [-0.39, 0.29) is 0 Å². The molecule has 0 aliphatic rings. The maximum atomic E-state index is 11.1. The summed E-state index contributed by atoms with van der Waals surface area (Å²) in [4.78, 5) is 17.4. The molecule has 0 radical (unpaired) electrons. The molecule has 0 aliphatic heterocycles. The first kappa shape index (κ1) is 19.9. The van der Waals surface area contributed by atoms with Crippen molar-refractivity contribution in [2.24, 2.45) is 5.73 Å². The number of benzene rings is 2. The van der Waals surface area contributed by atoms with E-state index < -0.39 is 5.91 Å². The van der Waals surface area contributed by atoms with Crippen LogP contribution in [0.2, 0.25) is 5.02 Å². The second kappa shape index (κ2) is 9.35. The van der Waals surface area contributed by atoms with Crippen LogP contribution in [0.25, 0.3) is 0 Å². The highest BCUT2D eigenvalue weighted by Gasteiger charge is 2.06. The molecule has 0 fully saturated rings. The van der Waals surface area contributed by atoms with E-state index in [1.807, 2.05) is 42.5 Å². The van der Waals surface area contributed by atoms with Crippen molar-refractivity contribution in [2.75, 3.05) is 13.6 Å². The van der Waals surface area contributed by atoms with Crippen molar-refractivity contribution < 1.29 is 9.53 Å². The first-order chi connectivity index (χ1) is 13.5. The molecule has 0 aliphatic carbocycles. The van der Waals surface area contributed by atoms with Gasteiger partial charge in [-0.3, -0.25) is 4.79 Å². The summed E-state index contributed by atoms with van der Waals surface area (Å²) in [6, 6.07) is 19.0. The van der Waals surface area contributed by atoms with Crippen LogP contribution in [0, 0.1) is 0 Å². The highest BCUT2D eigenvalue weighted by atomic mass is 35.5. The predicted octanol–water partition coefficient (Wildman–Crippen LogP) is 4.30. The molecule has 3 rings (SSSR count). The maximum absolute atomic E-state index is 11.1. The van der Waals surface area contributed by atoms with Crippen LogP contribution in [0.3, 0.4) is 0 Å².